The number of sulfonamides is 1. The summed E-state index contributed by atoms with van der Waals surface area (Å²) in [6.07, 6.45) is 1.81. The third-order valence-corrected chi connectivity index (χ3v) is 7.32. The summed E-state index contributed by atoms with van der Waals surface area (Å²) in [5.74, 6) is -0.173. The normalized spacial score (nSPS) is 12.2. The number of halogens is 1. The van der Waals surface area contributed by atoms with Gasteiger partial charge in [0.2, 0.25) is 10.0 Å². The quantitative estimate of drug-likeness (QED) is 0.409. The third kappa shape index (κ3) is 5.05. The first-order valence-corrected chi connectivity index (χ1v) is 12.6. The van der Waals surface area contributed by atoms with Crippen LogP contribution in [-0.2, 0) is 22.2 Å². The lowest BCUT2D eigenvalue weighted by Gasteiger charge is -2.30. The minimum absolute atomic E-state index is 0.0670. The van der Waals surface area contributed by atoms with Crippen molar-refractivity contribution in [3.8, 4) is 5.75 Å². The largest absolute Gasteiger partial charge is 0.488 e. The highest BCUT2D eigenvalue weighted by Gasteiger charge is 2.29. The van der Waals surface area contributed by atoms with Crippen LogP contribution in [0, 0.1) is 5.82 Å². The molecular formula is C25H31FN2O3S. The average molecular weight is 459 g/mol. The van der Waals surface area contributed by atoms with Crippen LogP contribution in [-0.4, -0.2) is 14.2 Å². The van der Waals surface area contributed by atoms with Gasteiger partial charge in [0.05, 0.1) is 11.4 Å². The first kappa shape index (κ1) is 24.0. The molecule has 3 aromatic carbocycles. The summed E-state index contributed by atoms with van der Waals surface area (Å²) < 4.78 is 48.2. The van der Waals surface area contributed by atoms with Crippen molar-refractivity contribution >= 4 is 26.5 Å². The highest BCUT2D eigenvalue weighted by atomic mass is 32.2. The zero-order chi connectivity index (χ0) is 23.4. The molecule has 0 aliphatic heterocycles. The Morgan fingerprint density at radius 3 is 2.25 bits per heavy atom. The number of benzene rings is 3. The lowest BCUT2D eigenvalue weighted by Crippen LogP contribution is -2.35. The van der Waals surface area contributed by atoms with Crippen LogP contribution in [0.5, 0.6) is 5.75 Å². The maximum absolute atomic E-state index is 14.7. The fourth-order valence-corrected chi connectivity index (χ4v) is 5.00. The molecule has 3 rings (SSSR count). The molecule has 0 aliphatic rings. The third-order valence-electron chi connectivity index (χ3n) is 5.86. The predicted octanol–water partition coefficient (Wildman–Crippen LogP) is 5.68. The molecule has 0 bridgehead atoms. The van der Waals surface area contributed by atoms with Crippen LogP contribution in [0.1, 0.15) is 51.2 Å². The number of fused-ring (bicyclic) bond motifs is 1. The van der Waals surface area contributed by atoms with Crippen molar-refractivity contribution in [1.82, 2.24) is 0 Å². The summed E-state index contributed by atoms with van der Waals surface area (Å²) in [5, 5.41) is 1.05. The highest BCUT2D eigenvalue weighted by Crippen LogP contribution is 2.41. The van der Waals surface area contributed by atoms with Crippen molar-refractivity contribution in [3.63, 3.8) is 0 Å². The van der Waals surface area contributed by atoms with Crippen LogP contribution < -0.4 is 15.2 Å². The number of nitrogens with one attached hydrogen (secondary N) is 1. The van der Waals surface area contributed by atoms with Crippen molar-refractivity contribution in [2.24, 2.45) is 5.73 Å². The summed E-state index contributed by atoms with van der Waals surface area (Å²) in [5.41, 5.74) is 7.83. The Morgan fingerprint density at radius 1 is 0.969 bits per heavy atom. The molecule has 0 radical (unpaired) electrons. The molecule has 0 aromatic heterocycles. The molecule has 0 saturated carbocycles. The van der Waals surface area contributed by atoms with Crippen LogP contribution in [0.25, 0.3) is 10.8 Å². The Hall–Kier alpha value is -2.64. The summed E-state index contributed by atoms with van der Waals surface area (Å²) in [6, 6.07) is 16.2. The van der Waals surface area contributed by atoms with E-state index in [4.69, 9.17) is 10.5 Å². The molecule has 172 valence electrons. The first-order chi connectivity index (χ1) is 15.2. The summed E-state index contributed by atoms with van der Waals surface area (Å²) >= 11 is 0. The van der Waals surface area contributed by atoms with Gasteiger partial charge in [0.15, 0.2) is 0 Å². The smallest absolute Gasteiger partial charge is 0.232 e. The molecule has 0 atom stereocenters. The van der Waals surface area contributed by atoms with Crippen LogP contribution >= 0.6 is 0 Å². The minimum atomic E-state index is -3.67. The van der Waals surface area contributed by atoms with E-state index in [0.29, 0.717) is 42.4 Å². The molecule has 0 aliphatic carbocycles. The van der Waals surface area contributed by atoms with Gasteiger partial charge in [-0.1, -0.05) is 63.2 Å². The van der Waals surface area contributed by atoms with E-state index < -0.39 is 21.4 Å². The molecule has 0 saturated heterocycles. The minimum Gasteiger partial charge on any atom is -0.488 e. The van der Waals surface area contributed by atoms with E-state index in [9.17, 15) is 12.8 Å². The van der Waals surface area contributed by atoms with Gasteiger partial charge in [-0.15, -0.1) is 0 Å². The summed E-state index contributed by atoms with van der Waals surface area (Å²) in [7, 11) is -3.67. The fraction of sp³-hybridized carbons (Fsp3) is 0.360. The molecule has 32 heavy (non-hydrogen) atoms. The van der Waals surface area contributed by atoms with Crippen molar-refractivity contribution in [2.45, 2.75) is 52.2 Å². The maximum atomic E-state index is 14.7. The molecule has 5 nitrogen and oxygen atoms in total. The molecule has 3 N–H and O–H groups in total. The Bertz CT molecular complexity index is 1180. The number of anilines is 1. The van der Waals surface area contributed by atoms with E-state index in [1.165, 1.54) is 6.07 Å². The molecule has 0 fully saturated rings. The second-order valence-electron chi connectivity index (χ2n) is 8.02. The van der Waals surface area contributed by atoms with Crippen molar-refractivity contribution in [3.05, 3.63) is 71.5 Å². The molecule has 7 heteroatoms. The number of hydrogen-bond donors (Lipinski definition) is 2. The van der Waals surface area contributed by atoms with Gasteiger partial charge in [-0.05, 0) is 37.0 Å². The van der Waals surface area contributed by atoms with E-state index in [-0.39, 0.29) is 11.4 Å². The van der Waals surface area contributed by atoms with E-state index in [0.717, 1.165) is 11.1 Å². The second kappa shape index (κ2) is 9.88. The number of ether oxygens (including phenoxy) is 1. The zero-order valence-corrected chi connectivity index (χ0v) is 19.6. The maximum Gasteiger partial charge on any atom is 0.232 e. The van der Waals surface area contributed by atoms with Crippen LogP contribution in [0.2, 0.25) is 0 Å². The van der Waals surface area contributed by atoms with Crippen LogP contribution in [0.15, 0.2) is 54.6 Å². The van der Waals surface area contributed by atoms with Crippen molar-refractivity contribution in [2.75, 3.05) is 10.5 Å². The van der Waals surface area contributed by atoms with Crippen LogP contribution in [0.4, 0.5) is 10.1 Å². The lowest BCUT2D eigenvalue weighted by atomic mass is 9.84. The zero-order valence-electron chi connectivity index (χ0n) is 18.8. The topological polar surface area (TPSA) is 81.4 Å². The van der Waals surface area contributed by atoms with E-state index in [1.54, 1.807) is 19.1 Å². The van der Waals surface area contributed by atoms with Gasteiger partial charge in [0.1, 0.15) is 18.2 Å². The molecule has 0 spiro atoms. The van der Waals surface area contributed by atoms with Gasteiger partial charge < -0.3 is 10.5 Å². The van der Waals surface area contributed by atoms with E-state index >= 15 is 0 Å². The Balaban J connectivity index is 2.19. The number of nitrogens with two attached hydrogens (primary N) is 1. The van der Waals surface area contributed by atoms with E-state index in [1.807, 2.05) is 50.2 Å². The standard InChI is InChI=1S/C25H31FN2O3S/c1-4-16-32(29,30)28-23-19-12-14-21(25(27,5-2)6-3)24(20(19)13-15-22(23)26)31-17-18-10-8-7-9-11-18/h7-15,28H,4-6,16-17,27H2,1-3H3. The number of hydrogen-bond acceptors (Lipinski definition) is 4. The second-order valence-corrected chi connectivity index (χ2v) is 9.86. The monoisotopic (exact) mass is 458 g/mol. The molecule has 0 heterocycles. The van der Waals surface area contributed by atoms with Gasteiger partial charge in [-0.25, -0.2) is 12.8 Å². The Kier molecular flexibility index (Phi) is 7.41. The highest BCUT2D eigenvalue weighted by molar-refractivity contribution is 7.92. The Labute approximate surface area is 189 Å². The average Bonchev–Trinajstić information content (AvgIpc) is 2.79. The fourth-order valence-electron chi connectivity index (χ4n) is 3.84. The lowest BCUT2D eigenvalue weighted by molar-refractivity contribution is 0.292. The SMILES string of the molecule is CCCS(=O)(=O)Nc1c(F)ccc2c(OCc3ccccc3)c(C(N)(CC)CC)ccc12. The van der Waals surface area contributed by atoms with Gasteiger partial charge in [0.25, 0.3) is 0 Å². The summed E-state index contributed by atoms with van der Waals surface area (Å²) in [6.45, 7) is 6.11. The van der Waals surface area contributed by atoms with Gasteiger partial charge >= 0.3 is 0 Å². The van der Waals surface area contributed by atoms with Gasteiger partial charge in [-0.3, -0.25) is 4.72 Å². The summed E-state index contributed by atoms with van der Waals surface area (Å²) in [4.78, 5) is 0. The predicted molar refractivity (Wildman–Crippen MR) is 129 cm³/mol. The molecule has 0 amide bonds. The van der Waals surface area contributed by atoms with Gasteiger partial charge in [-0.2, -0.15) is 0 Å². The van der Waals surface area contributed by atoms with Crippen molar-refractivity contribution < 1.29 is 17.5 Å². The first-order valence-electron chi connectivity index (χ1n) is 11.0. The Morgan fingerprint density at radius 2 is 1.62 bits per heavy atom. The molecular weight excluding hydrogens is 427 g/mol. The molecule has 3 aromatic rings. The number of rotatable bonds is 10. The molecule has 0 unspecified atom stereocenters. The van der Waals surface area contributed by atoms with Gasteiger partial charge in [0, 0.05) is 21.9 Å². The van der Waals surface area contributed by atoms with E-state index in [2.05, 4.69) is 4.72 Å². The van der Waals surface area contributed by atoms with Crippen molar-refractivity contribution in [1.29, 1.82) is 0 Å². The van der Waals surface area contributed by atoms with Crippen LogP contribution in [0.3, 0.4) is 0 Å².